The van der Waals surface area contributed by atoms with Gasteiger partial charge in [-0.25, -0.2) is 4.98 Å². The van der Waals surface area contributed by atoms with Gasteiger partial charge in [-0.1, -0.05) is 36.0 Å². The summed E-state index contributed by atoms with van der Waals surface area (Å²) in [5.41, 5.74) is 1.99. The lowest BCUT2D eigenvalue weighted by atomic mass is 10.2. The number of carbonyl (C=O) groups excluding carboxylic acids is 1. The summed E-state index contributed by atoms with van der Waals surface area (Å²) in [6, 6.07) is 14.9. The number of hydrogen-bond donors (Lipinski definition) is 1. The zero-order valence-corrected chi connectivity index (χ0v) is 17.3. The number of carbonyl (C=O) groups is 1. The second-order valence-corrected chi connectivity index (χ2v) is 7.51. The molecule has 0 aliphatic carbocycles. The van der Waals surface area contributed by atoms with E-state index in [4.69, 9.17) is 4.74 Å². The van der Waals surface area contributed by atoms with Gasteiger partial charge in [-0.2, -0.15) is 14.6 Å². The summed E-state index contributed by atoms with van der Waals surface area (Å²) in [6.07, 6.45) is 0. The van der Waals surface area contributed by atoms with E-state index in [1.807, 2.05) is 48.5 Å². The number of fused-ring (bicyclic) bond motifs is 3. The zero-order chi connectivity index (χ0) is 21.1. The minimum absolute atomic E-state index is 0.135. The fraction of sp³-hybridized carbons (Fsp3) is 0.190. The molecule has 8 nitrogen and oxygen atoms in total. The van der Waals surface area contributed by atoms with Crippen molar-refractivity contribution in [2.45, 2.75) is 18.6 Å². The number of amides is 1. The predicted octanol–water partition coefficient (Wildman–Crippen LogP) is 2.36. The van der Waals surface area contributed by atoms with Crippen LogP contribution in [-0.2, 0) is 11.3 Å². The van der Waals surface area contributed by atoms with Gasteiger partial charge in [0, 0.05) is 11.9 Å². The van der Waals surface area contributed by atoms with Gasteiger partial charge in [0.05, 0.1) is 18.4 Å². The molecule has 0 aliphatic rings. The Balaban J connectivity index is 1.53. The first-order chi connectivity index (χ1) is 14.5. The number of nitrogens with zero attached hydrogens (tertiary/aromatic N) is 4. The van der Waals surface area contributed by atoms with E-state index in [9.17, 15) is 9.59 Å². The first kappa shape index (κ1) is 19.8. The Morgan fingerprint density at radius 2 is 1.90 bits per heavy atom. The van der Waals surface area contributed by atoms with Gasteiger partial charge < -0.3 is 10.1 Å². The van der Waals surface area contributed by atoms with Crippen molar-refractivity contribution in [3.05, 3.63) is 70.1 Å². The Morgan fingerprint density at radius 1 is 1.13 bits per heavy atom. The second kappa shape index (κ2) is 8.50. The fourth-order valence-corrected chi connectivity index (χ4v) is 3.68. The van der Waals surface area contributed by atoms with Crippen LogP contribution in [0.25, 0.3) is 16.6 Å². The number of benzene rings is 2. The number of nitrogens with one attached hydrogen (secondary N) is 1. The Bertz CT molecular complexity index is 1290. The van der Waals surface area contributed by atoms with E-state index in [0.29, 0.717) is 22.9 Å². The van der Waals surface area contributed by atoms with Gasteiger partial charge in [-0.3, -0.25) is 9.59 Å². The Labute approximate surface area is 176 Å². The van der Waals surface area contributed by atoms with Crippen molar-refractivity contribution >= 4 is 34.2 Å². The third kappa shape index (κ3) is 4.11. The normalized spacial score (nSPS) is 11.0. The molecule has 4 rings (SSSR count). The Kier molecular flexibility index (Phi) is 5.62. The summed E-state index contributed by atoms with van der Waals surface area (Å²) in [5.74, 6) is 0.790. The first-order valence-electron chi connectivity index (χ1n) is 9.24. The summed E-state index contributed by atoms with van der Waals surface area (Å²) in [6.45, 7) is 2.02. The standard InChI is InChI=1S/C21H19N5O3S/c1-13-20(28)24-19-16-5-3-4-6-17(16)23-21(26(19)25-13)30-12-18(27)22-11-14-7-9-15(29-2)10-8-14/h3-10H,11-12H2,1-2H3,(H,22,27). The molecule has 0 radical (unpaired) electrons. The van der Waals surface area contributed by atoms with Crippen LogP contribution in [0.1, 0.15) is 11.3 Å². The van der Waals surface area contributed by atoms with Crippen LogP contribution in [0, 0.1) is 6.92 Å². The molecule has 30 heavy (non-hydrogen) atoms. The number of methoxy groups -OCH3 is 1. The molecule has 0 aliphatic heterocycles. The van der Waals surface area contributed by atoms with Crippen LogP contribution in [0.2, 0.25) is 0 Å². The van der Waals surface area contributed by atoms with Gasteiger partial charge in [0.25, 0.3) is 5.56 Å². The van der Waals surface area contributed by atoms with Gasteiger partial charge in [0.15, 0.2) is 10.8 Å². The maximum absolute atomic E-state index is 12.4. The average Bonchev–Trinajstić information content (AvgIpc) is 2.77. The number of aromatic nitrogens is 4. The summed E-state index contributed by atoms with van der Waals surface area (Å²) in [4.78, 5) is 33.2. The van der Waals surface area contributed by atoms with Crippen LogP contribution in [0.3, 0.4) is 0 Å². The van der Waals surface area contributed by atoms with Crippen LogP contribution in [0.5, 0.6) is 5.75 Å². The van der Waals surface area contributed by atoms with Crippen molar-refractivity contribution in [3.8, 4) is 5.75 Å². The SMILES string of the molecule is COc1ccc(CNC(=O)CSc2nc3ccccc3c3nc(=O)c(C)nn23)cc1. The first-order valence-corrected chi connectivity index (χ1v) is 10.2. The van der Waals surface area contributed by atoms with E-state index in [1.54, 1.807) is 14.0 Å². The lowest BCUT2D eigenvalue weighted by molar-refractivity contribution is -0.118. The highest BCUT2D eigenvalue weighted by Gasteiger charge is 2.13. The fourth-order valence-electron chi connectivity index (χ4n) is 2.90. The van der Waals surface area contributed by atoms with Crippen LogP contribution >= 0.6 is 11.8 Å². The third-order valence-corrected chi connectivity index (χ3v) is 5.42. The maximum Gasteiger partial charge on any atom is 0.294 e. The molecular formula is C21H19N5O3S. The van der Waals surface area contributed by atoms with Crippen molar-refractivity contribution in [1.29, 1.82) is 0 Å². The van der Waals surface area contributed by atoms with Gasteiger partial charge in [-0.05, 0) is 36.8 Å². The molecule has 2 aromatic heterocycles. The molecule has 1 amide bonds. The van der Waals surface area contributed by atoms with Crippen molar-refractivity contribution in [2.24, 2.45) is 0 Å². The lowest BCUT2D eigenvalue weighted by Crippen LogP contribution is -2.25. The molecule has 0 spiro atoms. The number of rotatable bonds is 6. The molecule has 2 heterocycles. The second-order valence-electron chi connectivity index (χ2n) is 6.56. The molecule has 0 atom stereocenters. The van der Waals surface area contributed by atoms with Crippen molar-refractivity contribution < 1.29 is 9.53 Å². The lowest BCUT2D eigenvalue weighted by Gasteiger charge is -2.10. The summed E-state index contributed by atoms with van der Waals surface area (Å²) in [5, 5.41) is 8.45. The number of ether oxygens (including phenoxy) is 1. The van der Waals surface area contributed by atoms with Gasteiger partial charge >= 0.3 is 0 Å². The van der Waals surface area contributed by atoms with Gasteiger partial charge in [-0.15, -0.1) is 0 Å². The molecule has 0 bridgehead atoms. The minimum atomic E-state index is -0.375. The van der Waals surface area contributed by atoms with E-state index in [1.165, 1.54) is 16.3 Å². The Hall–Kier alpha value is -3.46. The molecule has 4 aromatic rings. The smallest absolute Gasteiger partial charge is 0.294 e. The van der Waals surface area contributed by atoms with E-state index in [2.05, 4.69) is 20.4 Å². The number of aryl methyl sites for hydroxylation is 1. The van der Waals surface area contributed by atoms with Crippen LogP contribution in [0.4, 0.5) is 0 Å². The molecule has 0 fully saturated rings. The van der Waals surface area contributed by atoms with Crippen LogP contribution in [0.15, 0.2) is 58.5 Å². The highest BCUT2D eigenvalue weighted by atomic mass is 32.2. The highest BCUT2D eigenvalue weighted by molar-refractivity contribution is 7.99. The number of para-hydroxylation sites is 1. The largest absolute Gasteiger partial charge is 0.497 e. The number of hydrogen-bond acceptors (Lipinski definition) is 7. The topological polar surface area (TPSA) is 98.5 Å². The quantitative estimate of drug-likeness (QED) is 0.290. The van der Waals surface area contributed by atoms with E-state index >= 15 is 0 Å². The monoisotopic (exact) mass is 421 g/mol. The van der Waals surface area contributed by atoms with E-state index in [0.717, 1.165) is 16.7 Å². The highest BCUT2D eigenvalue weighted by Crippen LogP contribution is 2.22. The van der Waals surface area contributed by atoms with Crippen LogP contribution in [-0.4, -0.2) is 38.4 Å². The molecule has 0 saturated heterocycles. The van der Waals surface area contributed by atoms with E-state index < -0.39 is 0 Å². The summed E-state index contributed by atoms with van der Waals surface area (Å²) >= 11 is 1.24. The summed E-state index contributed by atoms with van der Waals surface area (Å²) in [7, 11) is 1.61. The molecule has 1 N–H and O–H groups in total. The van der Waals surface area contributed by atoms with Crippen molar-refractivity contribution in [3.63, 3.8) is 0 Å². The molecular weight excluding hydrogens is 402 g/mol. The molecule has 152 valence electrons. The Morgan fingerprint density at radius 3 is 2.67 bits per heavy atom. The molecule has 0 unspecified atom stereocenters. The van der Waals surface area contributed by atoms with Crippen molar-refractivity contribution in [1.82, 2.24) is 24.9 Å². The van der Waals surface area contributed by atoms with Gasteiger partial charge in [0.2, 0.25) is 5.91 Å². The zero-order valence-electron chi connectivity index (χ0n) is 16.5. The molecule has 9 heteroatoms. The van der Waals surface area contributed by atoms with Crippen molar-refractivity contribution in [2.75, 3.05) is 12.9 Å². The average molecular weight is 421 g/mol. The molecule has 0 saturated carbocycles. The van der Waals surface area contributed by atoms with Crippen LogP contribution < -0.4 is 15.6 Å². The van der Waals surface area contributed by atoms with Gasteiger partial charge in [0.1, 0.15) is 11.4 Å². The predicted molar refractivity (Wildman–Crippen MR) is 115 cm³/mol. The summed E-state index contributed by atoms with van der Waals surface area (Å²) < 4.78 is 6.66. The third-order valence-electron chi connectivity index (χ3n) is 4.49. The molecule has 2 aromatic carbocycles. The number of thioether (sulfide) groups is 1. The minimum Gasteiger partial charge on any atom is -0.497 e. The van der Waals surface area contributed by atoms with E-state index in [-0.39, 0.29) is 22.9 Å². The maximum atomic E-state index is 12.4.